The van der Waals surface area contributed by atoms with Gasteiger partial charge in [0.15, 0.2) is 17.4 Å². The number of alkyl halides is 1. The lowest BCUT2D eigenvalue weighted by molar-refractivity contribution is 0.0979. The summed E-state index contributed by atoms with van der Waals surface area (Å²) in [7, 11) is 1.62. The molecule has 2 aromatic rings. The van der Waals surface area contributed by atoms with Crippen LogP contribution in [0.2, 0.25) is 0 Å². The van der Waals surface area contributed by atoms with Crippen molar-refractivity contribution in [3.05, 3.63) is 52.9 Å². The summed E-state index contributed by atoms with van der Waals surface area (Å²) in [6, 6.07) is 3.67. The van der Waals surface area contributed by atoms with E-state index in [4.69, 9.17) is 0 Å². The molecular weight excluding hydrogens is 343 g/mol. The van der Waals surface area contributed by atoms with Crippen molar-refractivity contribution >= 4 is 11.5 Å². The van der Waals surface area contributed by atoms with Crippen LogP contribution in [0.3, 0.4) is 0 Å². The minimum atomic E-state index is -1.24. The Kier molecular flexibility index (Phi) is 7.12. The number of nitrogens with zero attached hydrogens (tertiary/aromatic N) is 2. The van der Waals surface area contributed by atoms with Gasteiger partial charge in [0, 0.05) is 30.8 Å². The molecule has 0 spiro atoms. The first-order valence-electron chi connectivity index (χ1n) is 8.61. The first kappa shape index (κ1) is 19.9. The second-order valence-electron chi connectivity index (χ2n) is 6.08. The molecule has 0 saturated carbocycles. The Balaban J connectivity index is 1.99. The topological polar surface area (TPSA) is 54.9 Å². The molecule has 7 heteroatoms. The van der Waals surface area contributed by atoms with E-state index in [1.807, 2.05) is 6.92 Å². The van der Waals surface area contributed by atoms with E-state index in [0.29, 0.717) is 42.5 Å². The van der Waals surface area contributed by atoms with Crippen LogP contribution in [0, 0.1) is 11.6 Å². The third-order valence-electron chi connectivity index (χ3n) is 4.12. The van der Waals surface area contributed by atoms with Crippen LogP contribution in [0.5, 0.6) is 0 Å². The van der Waals surface area contributed by atoms with Gasteiger partial charge in [0.2, 0.25) is 0 Å². The van der Waals surface area contributed by atoms with E-state index in [-0.39, 0.29) is 17.9 Å². The lowest BCUT2D eigenvalue weighted by atomic mass is 10.0. The van der Waals surface area contributed by atoms with Gasteiger partial charge in [0.05, 0.1) is 11.9 Å². The summed E-state index contributed by atoms with van der Waals surface area (Å²) in [5, 5.41) is 10.3. The molecule has 4 nitrogen and oxygen atoms in total. The molecule has 0 aliphatic carbocycles. The molecule has 1 N–H and O–H groups in total. The van der Waals surface area contributed by atoms with Crippen LogP contribution >= 0.6 is 0 Å². The van der Waals surface area contributed by atoms with Gasteiger partial charge in [-0.25, -0.2) is 13.2 Å². The lowest BCUT2D eigenvalue weighted by Crippen LogP contribution is -2.06. The molecule has 1 atom stereocenters. The highest BCUT2D eigenvalue weighted by Gasteiger charge is 2.15. The zero-order chi connectivity index (χ0) is 19.1. The molecule has 1 aromatic heterocycles. The first-order valence-corrected chi connectivity index (χ1v) is 8.61. The number of aryl methyl sites for hydroxylation is 1. The zero-order valence-electron chi connectivity index (χ0n) is 14.9. The van der Waals surface area contributed by atoms with Crippen LogP contribution in [-0.2, 0) is 6.42 Å². The highest BCUT2D eigenvalue weighted by atomic mass is 19.2. The van der Waals surface area contributed by atoms with Crippen LogP contribution in [0.4, 0.5) is 18.9 Å². The van der Waals surface area contributed by atoms with Gasteiger partial charge in [-0.1, -0.05) is 13.3 Å². The lowest BCUT2D eigenvalue weighted by Gasteiger charge is -2.10. The number of anilines is 1. The van der Waals surface area contributed by atoms with Crippen molar-refractivity contribution in [2.24, 2.45) is 0 Å². The number of carbonyl (C=O) groups is 1. The van der Waals surface area contributed by atoms with Crippen molar-refractivity contribution in [1.29, 1.82) is 0 Å². The molecule has 140 valence electrons. The summed E-state index contributed by atoms with van der Waals surface area (Å²) < 4.78 is 40.6. The van der Waals surface area contributed by atoms with Crippen LogP contribution in [0.1, 0.15) is 60.4 Å². The molecule has 2 rings (SSSR count). The van der Waals surface area contributed by atoms with E-state index >= 15 is 0 Å². The number of benzene rings is 1. The van der Waals surface area contributed by atoms with Crippen molar-refractivity contribution < 1.29 is 18.0 Å². The van der Waals surface area contributed by atoms with E-state index in [0.717, 1.165) is 12.1 Å². The summed E-state index contributed by atoms with van der Waals surface area (Å²) in [4.78, 5) is 12.3. The molecule has 0 fully saturated rings. The van der Waals surface area contributed by atoms with Crippen molar-refractivity contribution in [3.8, 4) is 0 Å². The average Bonchev–Trinajstić information content (AvgIpc) is 2.64. The minimum Gasteiger partial charge on any atom is -0.388 e. The Labute approximate surface area is 150 Å². The summed E-state index contributed by atoms with van der Waals surface area (Å²) >= 11 is 0. The predicted octanol–water partition coefficient (Wildman–Crippen LogP) is 4.81. The van der Waals surface area contributed by atoms with Crippen LogP contribution in [0.15, 0.2) is 24.4 Å². The summed E-state index contributed by atoms with van der Waals surface area (Å²) in [6.07, 6.45) is 2.13. The molecule has 1 heterocycles. The van der Waals surface area contributed by atoms with Gasteiger partial charge in [0.25, 0.3) is 0 Å². The maximum Gasteiger partial charge on any atom is 0.164 e. The smallest absolute Gasteiger partial charge is 0.164 e. The Morgan fingerprint density at radius 1 is 1.23 bits per heavy atom. The van der Waals surface area contributed by atoms with Crippen LogP contribution in [-0.4, -0.2) is 23.0 Å². The first-order chi connectivity index (χ1) is 12.5. The average molecular weight is 365 g/mol. The Hall–Kier alpha value is -2.44. The van der Waals surface area contributed by atoms with E-state index in [1.165, 1.54) is 12.3 Å². The van der Waals surface area contributed by atoms with E-state index in [9.17, 15) is 18.0 Å². The Bertz CT molecular complexity index is 768. The molecule has 0 bridgehead atoms. The normalized spacial score (nSPS) is 12.0. The number of Topliss-reactive ketones (excluding diaryl/α,β-unsaturated/α-hetero) is 1. The number of ketones is 1. The van der Waals surface area contributed by atoms with E-state index in [1.54, 1.807) is 7.05 Å². The van der Waals surface area contributed by atoms with Crippen molar-refractivity contribution in [3.63, 3.8) is 0 Å². The van der Waals surface area contributed by atoms with Crippen molar-refractivity contribution in [1.82, 2.24) is 10.2 Å². The molecule has 0 aliphatic heterocycles. The van der Waals surface area contributed by atoms with Crippen LogP contribution in [0.25, 0.3) is 0 Å². The van der Waals surface area contributed by atoms with Gasteiger partial charge in [-0.15, -0.1) is 0 Å². The molecule has 0 amide bonds. The van der Waals surface area contributed by atoms with E-state index in [2.05, 4.69) is 15.5 Å². The fourth-order valence-electron chi connectivity index (χ4n) is 2.70. The monoisotopic (exact) mass is 365 g/mol. The summed E-state index contributed by atoms with van der Waals surface area (Å²) in [6.45, 7) is 1.87. The van der Waals surface area contributed by atoms with Crippen molar-refractivity contribution in [2.75, 3.05) is 12.4 Å². The highest BCUT2D eigenvalue weighted by Crippen LogP contribution is 2.23. The number of halogens is 3. The number of nitrogens with one attached hydrogen (secondary N) is 1. The predicted molar refractivity (Wildman–Crippen MR) is 94.0 cm³/mol. The second kappa shape index (κ2) is 9.31. The second-order valence-corrected chi connectivity index (χ2v) is 6.08. The Morgan fingerprint density at radius 2 is 1.96 bits per heavy atom. The zero-order valence-corrected chi connectivity index (χ0v) is 14.9. The molecular formula is C19H22F3N3O. The third kappa shape index (κ3) is 5.03. The standard InChI is InChI=1S/C19H22F3N3O/c1-3-5-14(20)18-9-13(11-24-25-18)19(26)7-4-6-12-8-15(21)16(22)10-17(12)23-2/h8-11,14,23H,3-7H2,1-2H3. The summed E-state index contributed by atoms with van der Waals surface area (Å²) in [5.74, 6) is -2.02. The van der Waals surface area contributed by atoms with Gasteiger partial charge >= 0.3 is 0 Å². The maximum atomic E-state index is 13.9. The molecule has 1 unspecified atom stereocenters. The Morgan fingerprint density at radius 3 is 2.65 bits per heavy atom. The van der Waals surface area contributed by atoms with Gasteiger partial charge in [0.1, 0.15) is 6.17 Å². The largest absolute Gasteiger partial charge is 0.388 e. The fraction of sp³-hybridized carbons (Fsp3) is 0.421. The number of rotatable bonds is 9. The number of hydrogen-bond donors (Lipinski definition) is 1. The molecule has 0 saturated heterocycles. The molecule has 1 aromatic carbocycles. The number of carbonyl (C=O) groups excluding carboxylic acids is 1. The quantitative estimate of drug-likeness (QED) is 0.648. The number of hydrogen-bond acceptors (Lipinski definition) is 4. The third-order valence-corrected chi connectivity index (χ3v) is 4.12. The van der Waals surface area contributed by atoms with Gasteiger partial charge in [-0.05, 0) is 37.0 Å². The minimum absolute atomic E-state index is 0.163. The van der Waals surface area contributed by atoms with Gasteiger partial charge in [-0.3, -0.25) is 4.79 Å². The molecule has 0 radical (unpaired) electrons. The van der Waals surface area contributed by atoms with Gasteiger partial charge in [-0.2, -0.15) is 10.2 Å². The SMILES string of the molecule is CCCC(F)c1cc(C(=O)CCCc2cc(F)c(F)cc2NC)cnn1. The van der Waals surface area contributed by atoms with Crippen LogP contribution < -0.4 is 5.32 Å². The fourth-order valence-corrected chi connectivity index (χ4v) is 2.70. The van der Waals surface area contributed by atoms with E-state index < -0.39 is 17.8 Å². The molecule has 0 aliphatic rings. The molecule has 26 heavy (non-hydrogen) atoms. The summed E-state index contributed by atoms with van der Waals surface area (Å²) in [5.41, 5.74) is 1.56. The number of aromatic nitrogens is 2. The van der Waals surface area contributed by atoms with Gasteiger partial charge < -0.3 is 5.32 Å². The van der Waals surface area contributed by atoms with Crippen molar-refractivity contribution in [2.45, 2.75) is 45.2 Å². The maximum absolute atomic E-state index is 13.9. The highest BCUT2D eigenvalue weighted by molar-refractivity contribution is 5.95.